The third-order valence-corrected chi connectivity index (χ3v) is 9.25. The predicted octanol–water partition coefficient (Wildman–Crippen LogP) is 5.29. The molecule has 3 aromatic carbocycles. The monoisotopic (exact) mass is 636 g/mol. The SMILES string of the molecule is CC1(c2ccc(Cl)cc2F)Oc2cccc(C3CCN(Cc4nc5ccc(C(O)O)cc5n4CCN4CCOC4=O)CC3)c2O1. The number of rotatable bonds is 8. The molecule has 3 aliphatic rings. The Morgan fingerprint density at radius 2 is 1.89 bits per heavy atom. The van der Waals surface area contributed by atoms with Crippen LogP contribution in [0.4, 0.5) is 9.18 Å². The lowest BCUT2D eigenvalue weighted by Gasteiger charge is -2.32. The first kappa shape index (κ1) is 29.8. The molecule has 0 bridgehead atoms. The number of hydrogen-bond acceptors (Lipinski definition) is 8. The van der Waals surface area contributed by atoms with Crippen molar-refractivity contribution < 1.29 is 33.6 Å². The highest BCUT2D eigenvalue weighted by atomic mass is 35.5. The summed E-state index contributed by atoms with van der Waals surface area (Å²) in [7, 11) is 0. The van der Waals surface area contributed by atoms with Crippen molar-refractivity contribution in [1.82, 2.24) is 19.4 Å². The number of aromatic nitrogens is 2. The number of fused-ring (bicyclic) bond motifs is 2. The van der Waals surface area contributed by atoms with E-state index in [1.807, 2.05) is 12.1 Å². The molecular weight excluding hydrogens is 603 g/mol. The predicted molar refractivity (Wildman–Crippen MR) is 164 cm³/mol. The van der Waals surface area contributed by atoms with Gasteiger partial charge in [0.2, 0.25) is 0 Å². The topological polar surface area (TPSA) is 110 Å². The molecule has 4 aromatic rings. The Bertz CT molecular complexity index is 1760. The number of nitrogens with zero attached hydrogens (tertiary/aromatic N) is 4. The summed E-state index contributed by atoms with van der Waals surface area (Å²) in [6.07, 6.45) is -0.153. The molecule has 0 spiro atoms. The molecule has 1 atom stereocenters. The lowest BCUT2D eigenvalue weighted by atomic mass is 9.88. The normalized spacial score (nSPS) is 20.5. The van der Waals surface area contributed by atoms with E-state index in [1.54, 1.807) is 42.2 Å². The maximum absolute atomic E-state index is 14.8. The minimum atomic E-state index is -1.59. The molecule has 2 N–H and O–H groups in total. The van der Waals surface area contributed by atoms with Crippen LogP contribution in [0.25, 0.3) is 11.0 Å². The summed E-state index contributed by atoms with van der Waals surface area (Å²) in [5.74, 6) is 0.531. The largest absolute Gasteiger partial charge is 0.448 e. The average molecular weight is 637 g/mol. The molecule has 2 saturated heterocycles. The van der Waals surface area contributed by atoms with E-state index >= 15 is 0 Å². The van der Waals surface area contributed by atoms with Gasteiger partial charge in [-0.25, -0.2) is 14.2 Å². The minimum absolute atomic E-state index is 0.228. The number of carbonyl (C=O) groups is 1. The summed E-state index contributed by atoms with van der Waals surface area (Å²) in [6, 6.07) is 15.5. The smallest absolute Gasteiger partial charge is 0.410 e. The van der Waals surface area contributed by atoms with Crippen molar-refractivity contribution in [2.45, 2.75) is 50.8 Å². The molecular formula is C33H34ClFN4O6. The van der Waals surface area contributed by atoms with Crippen molar-refractivity contribution in [1.29, 1.82) is 0 Å². The number of hydrogen-bond donors (Lipinski definition) is 2. The van der Waals surface area contributed by atoms with Crippen molar-refractivity contribution in [2.24, 2.45) is 0 Å². The molecule has 2 fully saturated rings. The highest BCUT2D eigenvalue weighted by molar-refractivity contribution is 6.30. The molecule has 4 heterocycles. The molecule has 0 aliphatic carbocycles. The van der Waals surface area contributed by atoms with Gasteiger partial charge >= 0.3 is 6.09 Å². The molecule has 0 saturated carbocycles. The molecule has 1 unspecified atom stereocenters. The van der Waals surface area contributed by atoms with E-state index in [0.29, 0.717) is 54.9 Å². The summed E-state index contributed by atoms with van der Waals surface area (Å²) in [5.41, 5.74) is 3.26. The lowest BCUT2D eigenvalue weighted by Crippen LogP contribution is -2.34. The number of para-hydroxylation sites is 1. The molecule has 10 nitrogen and oxygen atoms in total. The van der Waals surface area contributed by atoms with Gasteiger partial charge in [-0.15, -0.1) is 0 Å². The van der Waals surface area contributed by atoms with Crippen LogP contribution in [0.1, 0.15) is 54.5 Å². The summed E-state index contributed by atoms with van der Waals surface area (Å²) < 4.78 is 34.5. The number of cyclic esters (lactones) is 1. The van der Waals surface area contributed by atoms with Crippen LogP contribution in [0, 0.1) is 5.82 Å². The van der Waals surface area contributed by atoms with Gasteiger partial charge in [0.15, 0.2) is 17.8 Å². The molecule has 45 heavy (non-hydrogen) atoms. The van der Waals surface area contributed by atoms with Crippen molar-refractivity contribution in [2.75, 3.05) is 32.8 Å². The third kappa shape index (κ3) is 5.69. The van der Waals surface area contributed by atoms with Gasteiger partial charge in [0.05, 0.1) is 29.7 Å². The minimum Gasteiger partial charge on any atom is -0.448 e. The van der Waals surface area contributed by atoms with E-state index in [1.165, 1.54) is 6.07 Å². The average Bonchev–Trinajstić information content (AvgIpc) is 3.69. The van der Waals surface area contributed by atoms with E-state index in [-0.39, 0.29) is 17.6 Å². The number of halogens is 2. The summed E-state index contributed by atoms with van der Waals surface area (Å²) in [5, 5.41) is 19.9. The van der Waals surface area contributed by atoms with Gasteiger partial charge in [0.1, 0.15) is 18.2 Å². The fourth-order valence-electron chi connectivity index (χ4n) is 6.61. The summed E-state index contributed by atoms with van der Waals surface area (Å²) in [4.78, 5) is 21.0. The lowest BCUT2D eigenvalue weighted by molar-refractivity contribution is -0.0712. The molecule has 12 heteroatoms. The second kappa shape index (κ2) is 11.8. The number of imidazole rings is 1. The van der Waals surface area contributed by atoms with Gasteiger partial charge < -0.3 is 33.9 Å². The molecule has 1 aromatic heterocycles. The molecule has 0 radical (unpaired) electrons. The van der Waals surface area contributed by atoms with Crippen LogP contribution in [0.15, 0.2) is 54.6 Å². The van der Waals surface area contributed by atoms with E-state index in [4.69, 9.17) is 30.8 Å². The van der Waals surface area contributed by atoms with Crippen LogP contribution < -0.4 is 9.47 Å². The molecule has 3 aliphatic heterocycles. The number of likely N-dealkylation sites (tertiary alicyclic amines) is 1. The quantitative estimate of drug-likeness (QED) is 0.251. The zero-order chi connectivity index (χ0) is 31.3. The molecule has 236 valence electrons. The maximum Gasteiger partial charge on any atom is 0.410 e. The summed E-state index contributed by atoms with van der Waals surface area (Å²) in [6.45, 7) is 5.85. The summed E-state index contributed by atoms with van der Waals surface area (Å²) >= 11 is 5.97. The Kier molecular flexibility index (Phi) is 7.81. The van der Waals surface area contributed by atoms with Crippen molar-refractivity contribution in [3.05, 3.63) is 88.0 Å². The number of aliphatic hydroxyl groups is 2. The van der Waals surface area contributed by atoms with E-state index in [9.17, 15) is 19.4 Å². The van der Waals surface area contributed by atoms with Crippen LogP contribution in [0.2, 0.25) is 5.02 Å². The fourth-order valence-corrected chi connectivity index (χ4v) is 6.77. The number of amides is 1. The number of benzene rings is 3. The zero-order valence-corrected chi connectivity index (χ0v) is 25.5. The molecule has 7 rings (SSSR count). The molecule has 1 amide bonds. The fraction of sp³-hybridized carbons (Fsp3) is 0.394. The highest BCUT2D eigenvalue weighted by Crippen LogP contribution is 2.50. The number of ether oxygens (including phenoxy) is 3. The van der Waals surface area contributed by atoms with E-state index in [2.05, 4.69) is 15.5 Å². The second-order valence-electron chi connectivity index (χ2n) is 11.9. The van der Waals surface area contributed by atoms with Crippen LogP contribution >= 0.6 is 11.6 Å². The van der Waals surface area contributed by atoms with Crippen LogP contribution in [0.3, 0.4) is 0 Å². The van der Waals surface area contributed by atoms with Gasteiger partial charge in [-0.3, -0.25) is 4.90 Å². The van der Waals surface area contributed by atoms with E-state index in [0.717, 1.165) is 48.4 Å². The van der Waals surface area contributed by atoms with Crippen LogP contribution in [-0.2, 0) is 23.6 Å². The Hall–Kier alpha value is -3.90. The van der Waals surface area contributed by atoms with Crippen molar-refractivity contribution in [3.63, 3.8) is 0 Å². The van der Waals surface area contributed by atoms with Gasteiger partial charge in [0, 0.05) is 36.2 Å². The van der Waals surface area contributed by atoms with Gasteiger partial charge in [-0.05, 0) is 68.2 Å². The van der Waals surface area contributed by atoms with E-state index < -0.39 is 17.9 Å². The maximum atomic E-state index is 14.8. The van der Waals surface area contributed by atoms with Crippen molar-refractivity contribution >= 4 is 28.7 Å². The second-order valence-corrected chi connectivity index (χ2v) is 12.3. The Morgan fingerprint density at radius 1 is 1.07 bits per heavy atom. The third-order valence-electron chi connectivity index (χ3n) is 9.01. The zero-order valence-electron chi connectivity index (χ0n) is 24.8. The number of carbonyl (C=O) groups excluding carboxylic acids is 1. The van der Waals surface area contributed by atoms with Crippen LogP contribution in [0.5, 0.6) is 11.5 Å². The number of piperidine rings is 1. The standard InChI is InChI=1S/C33H34ClFN4O6/c1-33(24-7-6-22(34)18-25(24)35)44-28-4-2-3-23(30(28)45-33)20-9-11-37(12-10-20)19-29-36-26-8-5-21(31(40)41)17-27(26)39(29)14-13-38-15-16-43-32(38)42/h2-8,17-18,20,31,40-41H,9-16,19H2,1H3. The van der Waals surface area contributed by atoms with Crippen LogP contribution in [-0.4, -0.2) is 68.4 Å². The highest BCUT2D eigenvalue weighted by Gasteiger charge is 2.43. The van der Waals surface area contributed by atoms with Gasteiger partial charge in [-0.2, -0.15) is 0 Å². The van der Waals surface area contributed by atoms with Crippen molar-refractivity contribution in [3.8, 4) is 11.5 Å². The van der Waals surface area contributed by atoms with Gasteiger partial charge in [-0.1, -0.05) is 29.8 Å². The number of aliphatic hydroxyl groups excluding tert-OH is 1. The first-order chi connectivity index (χ1) is 21.7. The Morgan fingerprint density at radius 3 is 2.62 bits per heavy atom. The van der Waals surface area contributed by atoms with Gasteiger partial charge in [0.25, 0.3) is 5.79 Å². The first-order valence-corrected chi connectivity index (χ1v) is 15.5. The Labute approximate surface area is 264 Å². The first-order valence-electron chi connectivity index (χ1n) is 15.1. The Balaban J connectivity index is 1.07.